The number of nitrogens with one attached hydrogen (secondary N) is 1. The molecule has 2 heterocycles. The van der Waals surface area contributed by atoms with Crippen molar-refractivity contribution in [2.75, 3.05) is 16.7 Å². The lowest BCUT2D eigenvalue weighted by Crippen LogP contribution is -2.26. The normalized spacial score (nSPS) is 14.0. The number of sulfonamides is 1. The first-order valence-corrected chi connectivity index (χ1v) is 11.7. The molecule has 0 spiro atoms. The van der Waals surface area contributed by atoms with Crippen molar-refractivity contribution >= 4 is 44.9 Å². The zero-order chi connectivity index (χ0) is 23.2. The number of carbonyl (C=O) groups is 2. The molecule has 10 heteroatoms. The number of benzene rings is 2. The van der Waals surface area contributed by atoms with Gasteiger partial charge in [-0.1, -0.05) is 35.4 Å². The van der Waals surface area contributed by atoms with E-state index in [1.807, 2.05) is 19.1 Å². The highest BCUT2D eigenvalue weighted by Crippen LogP contribution is 2.37. The van der Waals surface area contributed by atoms with Crippen LogP contribution in [0.25, 0.3) is 11.1 Å². The molecular formula is C22H21ClN4O4S. The lowest BCUT2D eigenvalue weighted by molar-refractivity contribution is -0.116. The van der Waals surface area contributed by atoms with Crippen LogP contribution in [-0.4, -0.2) is 37.1 Å². The number of aromatic nitrogens is 2. The van der Waals surface area contributed by atoms with E-state index in [-0.39, 0.29) is 40.4 Å². The number of nitrogens with zero attached hydrogens (tertiary/aromatic N) is 3. The molecule has 1 N–H and O–H groups in total. The molecule has 0 saturated heterocycles. The number of hydrogen-bond acceptors (Lipinski definition) is 5. The minimum Gasteiger partial charge on any atom is -0.310 e. The Kier molecular flexibility index (Phi) is 5.56. The van der Waals surface area contributed by atoms with Crippen LogP contribution in [0.5, 0.6) is 0 Å². The fourth-order valence-corrected chi connectivity index (χ4v) is 5.28. The standard InChI is InChI=1S/C22H21ClN4O4S/c1-13-4-7-16(8-5-13)26(3)32(30,31)18-12-15(6-9-17(18)23)21-14(2)25-27-20(29)11-10-19(28)24-22(21)27/h4-9,12H,10-11H2,1-3H3,(H,24,28). The van der Waals surface area contributed by atoms with Crippen LogP contribution < -0.4 is 9.62 Å². The first-order chi connectivity index (χ1) is 15.1. The van der Waals surface area contributed by atoms with Gasteiger partial charge >= 0.3 is 0 Å². The molecule has 3 aromatic rings. The van der Waals surface area contributed by atoms with Crippen LogP contribution >= 0.6 is 11.6 Å². The summed E-state index contributed by atoms with van der Waals surface area (Å²) in [5, 5.41) is 7.04. The summed E-state index contributed by atoms with van der Waals surface area (Å²) in [5.41, 5.74) is 2.92. The number of halogens is 1. The molecule has 32 heavy (non-hydrogen) atoms. The maximum Gasteiger partial charge on any atom is 0.265 e. The van der Waals surface area contributed by atoms with Crippen LogP contribution in [0.3, 0.4) is 0 Å². The number of aryl methyl sites for hydroxylation is 2. The van der Waals surface area contributed by atoms with Crippen LogP contribution in [0.4, 0.5) is 11.5 Å². The maximum atomic E-state index is 13.4. The first kappa shape index (κ1) is 22.0. The minimum absolute atomic E-state index is 0.0426. The van der Waals surface area contributed by atoms with Crippen molar-refractivity contribution < 1.29 is 18.0 Å². The van der Waals surface area contributed by atoms with Gasteiger partial charge in [-0.2, -0.15) is 9.78 Å². The van der Waals surface area contributed by atoms with Crippen molar-refractivity contribution in [2.24, 2.45) is 0 Å². The van der Waals surface area contributed by atoms with Gasteiger partial charge in [-0.3, -0.25) is 13.9 Å². The van der Waals surface area contributed by atoms with E-state index < -0.39 is 10.0 Å². The van der Waals surface area contributed by atoms with E-state index in [1.165, 1.54) is 19.2 Å². The van der Waals surface area contributed by atoms with E-state index in [9.17, 15) is 18.0 Å². The van der Waals surface area contributed by atoms with Crippen molar-refractivity contribution in [3.8, 4) is 11.1 Å². The Labute approximate surface area is 190 Å². The Hall–Kier alpha value is -3.17. The average Bonchev–Trinajstić information content (AvgIpc) is 3.01. The molecule has 0 bridgehead atoms. The van der Waals surface area contributed by atoms with Crippen LogP contribution in [0, 0.1) is 13.8 Å². The van der Waals surface area contributed by atoms with Gasteiger partial charge in [-0.05, 0) is 43.7 Å². The molecule has 0 radical (unpaired) electrons. The van der Waals surface area contributed by atoms with E-state index in [0.29, 0.717) is 22.5 Å². The summed E-state index contributed by atoms with van der Waals surface area (Å²) in [5.74, 6) is -0.389. The fraction of sp³-hybridized carbons (Fsp3) is 0.227. The molecule has 166 valence electrons. The summed E-state index contributed by atoms with van der Waals surface area (Å²) >= 11 is 6.30. The lowest BCUT2D eigenvalue weighted by Gasteiger charge is -2.21. The molecule has 0 saturated carbocycles. The van der Waals surface area contributed by atoms with Gasteiger partial charge in [0.1, 0.15) is 10.7 Å². The van der Waals surface area contributed by atoms with Gasteiger partial charge in [-0.15, -0.1) is 0 Å². The van der Waals surface area contributed by atoms with Gasteiger partial charge in [-0.25, -0.2) is 8.42 Å². The molecule has 1 amide bonds. The molecule has 0 fully saturated rings. The van der Waals surface area contributed by atoms with Gasteiger partial charge in [0.05, 0.1) is 16.4 Å². The van der Waals surface area contributed by atoms with Crippen molar-refractivity contribution in [1.82, 2.24) is 9.78 Å². The second-order valence-electron chi connectivity index (χ2n) is 7.62. The Morgan fingerprint density at radius 2 is 1.75 bits per heavy atom. The van der Waals surface area contributed by atoms with E-state index in [1.54, 1.807) is 25.1 Å². The molecule has 4 rings (SSSR count). The molecule has 2 aromatic carbocycles. The summed E-state index contributed by atoms with van der Waals surface area (Å²) in [6.45, 7) is 3.61. The fourth-order valence-electron chi connectivity index (χ4n) is 3.59. The third-order valence-electron chi connectivity index (χ3n) is 5.38. The largest absolute Gasteiger partial charge is 0.310 e. The third-order valence-corrected chi connectivity index (χ3v) is 7.64. The van der Waals surface area contributed by atoms with Crippen molar-refractivity contribution in [1.29, 1.82) is 0 Å². The van der Waals surface area contributed by atoms with Crippen LogP contribution in [0.2, 0.25) is 5.02 Å². The topological polar surface area (TPSA) is 101 Å². The van der Waals surface area contributed by atoms with Crippen LogP contribution in [0.1, 0.15) is 28.9 Å². The summed E-state index contributed by atoms with van der Waals surface area (Å²) in [7, 11) is -2.53. The molecular weight excluding hydrogens is 452 g/mol. The predicted octanol–water partition coefficient (Wildman–Crippen LogP) is 4.02. The van der Waals surface area contributed by atoms with E-state index in [0.717, 1.165) is 14.6 Å². The summed E-state index contributed by atoms with van der Waals surface area (Å²) in [6.07, 6.45) is 0.100. The van der Waals surface area contributed by atoms with Crippen molar-refractivity contribution in [3.05, 3.63) is 58.7 Å². The zero-order valence-corrected chi connectivity index (χ0v) is 19.3. The quantitative estimate of drug-likeness (QED) is 0.618. The van der Waals surface area contributed by atoms with Crippen molar-refractivity contribution in [2.45, 2.75) is 31.6 Å². The summed E-state index contributed by atoms with van der Waals surface area (Å²) in [6, 6.07) is 11.6. The second kappa shape index (κ2) is 8.07. The molecule has 0 unspecified atom stereocenters. The van der Waals surface area contributed by atoms with Gasteiger partial charge in [0.2, 0.25) is 11.8 Å². The second-order valence-corrected chi connectivity index (χ2v) is 9.96. The van der Waals surface area contributed by atoms with Crippen LogP contribution in [-0.2, 0) is 14.8 Å². The van der Waals surface area contributed by atoms with Crippen molar-refractivity contribution in [3.63, 3.8) is 0 Å². The molecule has 1 aliphatic heterocycles. The SMILES string of the molecule is Cc1ccc(N(C)S(=O)(=O)c2cc(-c3c(C)nn4c3NC(=O)CCC4=O)ccc2Cl)cc1. The highest BCUT2D eigenvalue weighted by Gasteiger charge is 2.29. The zero-order valence-electron chi connectivity index (χ0n) is 17.7. The minimum atomic E-state index is -3.99. The number of rotatable bonds is 4. The van der Waals surface area contributed by atoms with Gasteiger partial charge in [0, 0.05) is 25.5 Å². The summed E-state index contributed by atoms with van der Waals surface area (Å²) in [4.78, 5) is 24.4. The molecule has 1 aromatic heterocycles. The smallest absolute Gasteiger partial charge is 0.265 e. The number of hydrogen-bond donors (Lipinski definition) is 1. The number of amides is 1. The first-order valence-electron chi connectivity index (χ1n) is 9.88. The molecule has 0 atom stereocenters. The van der Waals surface area contributed by atoms with E-state index in [2.05, 4.69) is 10.4 Å². The Bertz CT molecular complexity index is 1350. The predicted molar refractivity (Wildman–Crippen MR) is 123 cm³/mol. The van der Waals surface area contributed by atoms with Gasteiger partial charge in [0.15, 0.2) is 0 Å². The summed E-state index contributed by atoms with van der Waals surface area (Å²) < 4.78 is 29.1. The lowest BCUT2D eigenvalue weighted by atomic mass is 10.1. The molecule has 8 nitrogen and oxygen atoms in total. The highest BCUT2D eigenvalue weighted by atomic mass is 35.5. The number of fused-ring (bicyclic) bond motifs is 1. The number of carbonyl (C=O) groups excluding carboxylic acids is 2. The Morgan fingerprint density at radius 3 is 2.44 bits per heavy atom. The molecule has 0 aliphatic carbocycles. The number of anilines is 2. The Morgan fingerprint density at radius 1 is 1.06 bits per heavy atom. The highest BCUT2D eigenvalue weighted by molar-refractivity contribution is 7.93. The van der Waals surface area contributed by atoms with E-state index >= 15 is 0 Å². The monoisotopic (exact) mass is 472 g/mol. The Balaban J connectivity index is 1.83. The molecule has 1 aliphatic rings. The van der Waals surface area contributed by atoms with Gasteiger partial charge in [0.25, 0.3) is 10.0 Å². The average molecular weight is 473 g/mol. The maximum absolute atomic E-state index is 13.4. The third kappa shape index (κ3) is 3.78. The van der Waals surface area contributed by atoms with Gasteiger partial charge < -0.3 is 5.32 Å². The van der Waals surface area contributed by atoms with E-state index in [4.69, 9.17) is 11.6 Å². The van der Waals surface area contributed by atoms with Crippen LogP contribution in [0.15, 0.2) is 47.4 Å².